The molecule has 7 nitrogen and oxygen atoms in total. The fourth-order valence-electron chi connectivity index (χ4n) is 2.23. The van der Waals surface area contributed by atoms with Crippen LogP contribution >= 0.6 is 0 Å². The number of nitrogens with zero attached hydrogens (tertiary/aromatic N) is 1. The number of anilines is 1. The molecule has 0 aromatic heterocycles. The van der Waals surface area contributed by atoms with Crippen molar-refractivity contribution in [3.05, 3.63) is 59.2 Å². The molecule has 0 radical (unpaired) electrons. The van der Waals surface area contributed by atoms with Gasteiger partial charge in [-0.2, -0.15) is 0 Å². The molecule has 27 heavy (non-hydrogen) atoms. The number of sulfonamides is 1. The van der Waals surface area contributed by atoms with Crippen molar-refractivity contribution >= 4 is 27.6 Å². The van der Waals surface area contributed by atoms with Gasteiger partial charge in [0.2, 0.25) is 10.0 Å². The first-order chi connectivity index (χ1) is 12.6. The zero-order valence-corrected chi connectivity index (χ0v) is 16.5. The summed E-state index contributed by atoms with van der Waals surface area (Å²) in [5, 5.41) is 2.52. The largest absolute Gasteiger partial charge is 0.452 e. The Hall–Kier alpha value is -2.71. The van der Waals surface area contributed by atoms with Gasteiger partial charge in [0.15, 0.2) is 6.61 Å². The third-order valence-electron chi connectivity index (χ3n) is 3.97. The molecule has 0 aliphatic heterocycles. The fraction of sp³-hybridized carbons (Fsp3) is 0.263. The maximum atomic E-state index is 12.1. The van der Waals surface area contributed by atoms with Gasteiger partial charge in [0.05, 0.1) is 10.5 Å². The van der Waals surface area contributed by atoms with Gasteiger partial charge in [-0.3, -0.25) is 4.79 Å². The van der Waals surface area contributed by atoms with Crippen molar-refractivity contribution in [3.8, 4) is 0 Å². The molecule has 1 N–H and O–H groups in total. The Morgan fingerprint density at radius 1 is 1.04 bits per heavy atom. The van der Waals surface area contributed by atoms with Crippen LogP contribution in [0, 0.1) is 13.8 Å². The van der Waals surface area contributed by atoms with E-state index in [2.05, 4.69) is 5.32 Å². The first kappa shape index (κ1) is 20.6. The second-order valence-electron chi connectivity index (χ2n) is 6.24. The van der Waals surface area contributed by atoms with Crippen LogP contribution in [0.5, 0.6) is 0 Å². The molecule has 0 spiro atoms. The third kappa shape index (κ3) is 5.15. The SMILES string of the molecule is Cc1ccc(C(=O)OCC(=O)Nc2cccc(S(=O)(=O)N(C)C)c2)cc1C. The van der Waals surface area contributed by atoms with Gasteiger partial charge in [0.1, 0.15) is 0 Å². The normalized spacial score (nSPS) is 11.3. The molecule has 0 bridgehead atoms. The van der Waals surface area contributed by atoms with Crippen LogP contribution in [0.3, 0.4) is 0 Å². The molecular weight excluding hydrogens is 368 g/mol. The number of nitrogens with one attached hydrogen (secondary N) is 1. The zero-order valence-electron chi connectivity index (χ0n) is 15.6. The van der Waals surface area contributed by atoms with Gasteiger partial charge in [-0.25, -0.2) is 17.5 Å². The Labute approximate surface area is 159 Å². The first-order valence-electron chi connectivity index (χ1n) is 8.18. The molecule has 8 heteroatoms. The lowest BCUT2D eigenvalue weighted by atomic mass is 10.1. The highest BCUT2D eigenvalue weighted by Gasteiger charge is 2.18. The maximum Gasteiger partial charge on any atom is 0.338 e. The average Bonchev–Trinajstić information content (AvgIpc) is 2.62. The number of carbonyl (C=O) groups excluding carboxylic acids is 2. The smallest absolute Gasteiger partial charge is 0.338 e. The summed E-state index contributed by atoms with van der Waals surface area (Å²) in [6.45, 7) is 3.34. The number of amides is 1. The van der Waals surface area contributed by atoms with E-state index in [4.69, 9.17) is 4.74 Å². The summed E-state index contributed by atoms with van der Waals surface area (Å²) in [4.78, 5) is 24.1. The summed E-state index contributed by atoms with van der Waals surface area (Å²) in [7, 11) is -0.761. The molecule has 0 unspecified atom stereocenters. The Balaban J connectivity index is 2.00. The zero-order chi connectivity index (χ0) is 20.2. The number of carbonyl (C=O) groups is 2. The van der Waals surface area contributed by atoms with Crippen molar-refractivity contribution < 1.29 is 22.7 Å². The van der Waals surface area contributed by atoms with E-state index in [1.54, 1.807) is 18.2 Å². The molecule has 0 heterocycles. The molecule has 2 rings (SSSR count). The van der Waals surface area contributed by atoms with Crippen molar-refractivity contribution in [2.75, 3.05) is 26.0 Å². The van der Waals surface area contributed by atoms with Crippen molar-refractivity contribution in [1.82, 2.24) is 4.31 Å². The van der Waals surface area contributed by atoms with E-state index in [9.17, 15) is 18.0 Å². The fourth-order valence-corrected chi connectivity index (χ4v) is 3.17. The van der Waals surface area contributed by atoms with E-state index < -0.39 is 28.5 Å². The first-order valence-corrected chi connectivity index (χ1v) is 9.62. The minimum Gasteiger partial charge on any atom is -0.452 e. The topological polar surface area (TPSA) is 92.8 Å². The van der Waals surface area contributed by atoms with E-state index in [0.717, 1.165) is 15.4 Å². The number of aryl methyl sites for hydroxylation is 2. The van der Waals surface area contributed by atoms with Crippen molar-refractivity contribution in [1.29, 1.82) is 0 Å². The number of hydrogen-bond donors (Lipinski definition) is 1. The molecule has 2 aromatic rings. The van der Waals surface area contributed by atoms with E-state index >= 15 is 0 Å². The van der Waals surface area contributed by atoms with Gasteiger partial charge in [0, 0.05) is 19.8 Å². The predicted molar refractivity (Wildman–Crippen MR) is 102 cm³/mol. The quantitative estimate of drug-likeness (QED) is 0.765. The molecule has 0 saturated heterocycles. The van der Waals surface area contributed by atoms with Crippen LogP contribution in [0.4, 0.5) is 5.69 Å². The number of rotatable bonds is 6. The van der Waals surface area contributed by atoms with Crippen LogP contribution in [-0.4, -0.2) is 45.3 Å². The second kappa shape index (κ2) is 8.32. The van der Waals surface area contributed by atoms with Gasteiger partial charge < -0.3 is 10.1 Å². The molecule has 0 aliphatic rings. The second-order valence-corrected chi connectivity index (χ2v) is 8.39. The van der Waals surface area contributed by atoms with Crippen LogP contribution in [-0.2, 0) is 19.6 Å². The van der Waals surface area contributed by atoms with Gasteiger partial charge in [-0.05, 0) is 55.3 Å². The lowest BCUT2D eigenvalue weighted by Crippen LogP contribution is -2.23. The van der Waals surface area contributed by atoms with Crippen molar-refractivity contribution in [3.63, 3.8) is 0 Å². The number of ether oxygens (including phenoxy) is 1. The summed E-state index contributed by atoms with van der Waals surface area (Å²) in [5.41, 5.74) is 2.67. The van der Waals surface area contributed by atoms with Gasteiger partial charge in [-0.15, -0.1) is 0 Å². The van der Waals surface area contributed by atoms with Gasteiger partial charge in [0.25, 0.3) is 5.91 Å². The standard InChI is InChI=1S/C19H22N2O5S/c1-13-8-9-15(10-14(13)2)19(23)26-12-18(22)20-16-6-5-7-17(11-16)27(24,25)21(3)4/h5-11H,12H2,1-4H3,(H,20,22). The van der Waals surface area contributed by atoms with Crippen molar-refractivity contribution in [2.24, 2.45) is 0 Å². The van der Waals surface area contributed by atoms with E-state index in [0.29, 0.717) is 11.3 Å². The molecule has 0 fully saturated rings. The predicted octanol–water partition coefficient (Wildman–Crippen LogP) is 2.35. The van der Waals surface area contributed by atoms with Gasteiger partial charge >= 0.3 is 5.97 Å². The summed E-state index contributed by atoms with van der Waals surface area (Å²) in [6, 6.07) is 11.0. The Kier molecular flexibility index (Phi) is 6.35. The molecule has 0 saturated carbocycles. The van der Waals surface area contributed by atoms with Crippen LogP contribution in [0.2, 0.25) is 0 Å². The Morgan fingerprint density at radius 3 is 2.37 bits per heavy atom. The van der Waals surface area contributed by atoms with E-state index in [-0.39, 0.29) is 4.90 Å². The lowest BCUT2D eigenvalue weighted by Gasteiger charge is -2.13. The van der Waals surface area contributed by atoms with E-state index in [1.807, 2.05) is 19.9 Å². The van der Waals surface area contributed by atoms with Gasteiger partial charge in [-0.1, -0.05) is 12.1 Å². The minimum atomic E-state index is -3.61. The summed E-state index contributed by atoms with van der Waals surface area (Å²) in [5.74, 6) is -1.16. The molecule has 2 aromatic carbocycles. The highest BCUT2D eigenvalue weighted by molar-refractivity contribution is 7.89. The number of esters is 1. The third-order valence-corrected chi connectivity index (χ3v) is 5.78. The van der Waals surface area contributed by atoms with Crippen molar-refractivity contribution in [2.45, 2.75) is 18.7 Å². The average molecular weight is 390 g/mol. The maximum absolute atomic E-state index is 12.1. The Morgan fingerprint density at radius 2 is 1.74 bits per heavy atom. The number of hydrogen-bond acceptors (Lipinski definition) is 5. The summed E-state index contributed by atoms with van der Waals surface area (Å²) < 4.78 is 30.4. The number of benzene rings is 2. The molecule has 1 amide bonds. The molecule has 144 valence electrons. The van der Waals surface area contributed by atoms with Crippen LogP contribution in [0.1, 0.15) is 21.5 Å². The highest BCUT2D eigenvalue weighted by Crippen LogP contribution is 2.18. The molecule has 0 atom stereocenters. The Bertz CT molecular complexity index is 968. The van der Waals surface area contributed by atoms with Crippen LogP contribution in [0.25, 0.3) is 0 Å². The summed E-state index contributed by atoms with van der Waals surface area (Å²) in [6.07, 6.45) is 0. The highest BCUT2D eigenvalue weighted by atomic mass is 32.2. The minimum absolute atomic E-state index is 0.0532. The monoisotopic (exact) mass is 390 g/mol. The van der Waals surface area contributed by atoms with E-state index in [1.165, 1.54) is 32.3 Å². The van der Waals surface area contributed by atoms with Crippen LogP contribution in [0.15, 0.2) is 47.4 Å². The lowest BCUT2D eigenvalue weighted by molar-refractivity contribution is -0.119. The molecule has 0 aliphatic carbocycles. The molecular formula is C19H22N2O5S. The summed E-state index contributed by atoms with van der Waals surface area (Å²) >= 11 is 0. The van der Waals surface area contributed by atoms with Crippen LogP contribution < -0.4 is 5.32 Å².